The van der Waals surface area contributed by atoms with Crippen molar-refractivity contribution in [1.29, 1.82) is 0 Å². The summed E-state index contributed by atoms with van der Waals surface area (Å²) >= 11 is 5.84. The number of halogens is 6. The molecule has 2 aromatic carbocycles. The van der Waals surface area contributed by atoms with Crippen molar-refractivity contribution in [3.63, 3.8) is 0 Å². The summed E-state index contributed by atoms with van der Waals surface area (Å²) in [4.78, 5) is 24.3. The van der Waals surface area contributed by atoms with Crippen LogP contribution in [0.5, 0.6) is 0 Å². The van der Waals surface area contributed by atoms with Crippen LogP contribution >= 0.6 is 11.6 Å². The van der Waals surface area contributed by atoms with E-state index in [1.165, 1.54) is 6.92 Å². The van der Waals surface area contributed by atoms with Crippen LogP contribution in [0.1, 0.15) is 68.9 Å². The Morgan fingerprint density at radius 2 is 1.74 bits per heavy atom. The van der Waals surface area contributed by atoms with Gasteiger partial charge in [-0.15, -0.1) is 0 Å². The van der Waals surface area contributed by atoms with E-state index in [0.29, 0.717) is 47.5 Å². The third kappa shape index (κ3) is 5.76. The number of allylic oxidation sites excluding steroid dienone is 4. The van der Waals surface area contributed by atoms with Crippen molar-refractivity contribution in [2.75, 3.05) is 11.9 Å². The fraction of sp³-hybridized carbons (Fsp3) is 0.444. The molecule has 5 nitrogen and oxygen atoms in total. The van der Waals surface area contributed by atoms with E-state index in [9.17, 15) is 27.9 Å². The number of alkyl halides is 5. The van der Waals surface area contributed by atoms with E-state index in [-0.39, 0.29) is 31.1 Å². The second kappa shape index (κ2) is 12.1. The number of nitrogens with one attached hydrogen (secondary N) is 1. The number of hydrogen-bond acceptors (Lipinski definition) is 4. The molecule has 0 heterocycles. The Hall–Kier alpha value is -3.68. The summed E-state index contributed by atoms with van der Waals surface area (Å²) in [6, 6.07) is 13.5. The first-order chi connectivity index (χ1) is 22.1. The number of anilines is 1. The van der Waals surface area contributed by atoms with Crippen LogP contribution < -0.4 is 5.32 Å². The van der Waals surface area contributed by atoms with Gasteiger partial charge < -0.3 is 9.84 Å². The molecule has 0 aromatic heterocycles. The van der Waals surface area contributed by atoms with E-state index in [4.69, 9.17) is 16.3 Å². The molecule has 11 heteroatoms. The van der Waals surface area contributed by atoms with Gasteiger partial charge in [0.2, 0.25) is 0 Å². The predicted molar refractivity (Wildman–Crippen MR) is 166 cm³/mol. The molecule has 5 atom stereocenters. The molecule has 0 bridgehead atoms. The Kier molecular flexibility index (Phi) is 8.54. The lowest BCUT2D eigenvalue weighted by molar-refractivity contribution is -0.362. The fourth-order valence-electron chi connectivity index (χ4n) is 8.44. The van der Waals surface area contributed by atoms with Crippen molar-refractivity contribution in [1.82, 2.24) is 0 Å². The molecular formula is C36H33ClF5NO4. The Labute approximate surface area is 274 Å². The van der Waals surface area contributed by atoms with Gasteiger partial charge in [0.1, 0.15) is 5.60 Å². The normalized spacial score (nSPS) is 28.7. The first-order valence-corrected chi connectivity index (χ1v) is 15.9. The number of benzene rings is 2. The van der Waals surface area contributed by atoms with E-state index in [1.807, 2.05) is 0 Å². The van der Waals surface area contributed by atoms with E-state index < -0.39 is 47.5 Å². The molecule has 6 rings (SSSR count). The third-order valence-electron chi connectivity index (χ3n) is 10.7. The highest BCUT2D eigenvalue weighted by Crippen LogP contribution is 2.70. The second-order valence-corrected chi connectivity index (χ2v) is 13.5. The lowest BCUT2D eigenvalue weighted by atomic mass is 9.50. The van der Waals surface area contributed by atoms with Crippen LogP contribution in [-0.2, 0) is 9.53 Å². The third-order valence-corrected chi connectivity index (χ3v) is 10.9. The molecule has 47 heavy (non-hydrogen) atoms. The molecule has 248 valence electrons. The average molecular weight is 674 g/mol. The summed E-state index contributed by atoms with van der Waals surface area (Å²) in [6.45, 7) is 1.21. The second-order valence-electron chi connectivity index (χ2n) is 13.1. The van der Waals surface area contributed by atoms with Gasteiger partial charge >= 0.3 is 18.2 Å². The standard InChI is InChI=1S/C36H33ClF5NO4/c1-33-20-29(22-6-4-21(5-7-22)3-2-18-47-32(45)43-25-11-9-24(37)10-12-25)31-27-15-13-26(44)19-23(27)8-14-28(31)30(33)16-17-34(33,46)35(38,39)36(40,41)42/h4-7,9-12,19,28-30,46H,8,13-18,20H2,1H3,(H,43,45)/t28-,29+,30-,33-,34-/m0/s1. The number of ketones is 1. The summed E-state index contributed by atoms with van der Waals surface area (Å²) in [5, 5.41) is 14.5. The molecule has 4 aliphatic carbocycles. The van der Waals surface area contributed by atoms with Crippen LogP contribution in [0.2, 0.25) is 5.02 Å². The highest BCUT2D eigenvalue weighted by molar-refractivity contribution is 6.30. The minimum absolute atomic E-state index is 0.0226. The van der Waals surface area contributed by atoms with Crippen LogP contribution in [0, 0.1) is 29.1 Å². The highest BCUT2D eigenvalue weighted by atomic mass is 35.5. The van der Waals surface area contributed by atoms with Gasteiger partial charge in [0.05, 0.1) is 0 Å². The molecule has 0 aliphatic heterocycles. The van der Waals surface area contributed by atoms with Gasteiger partial charge in [-0.3, -0.25) is 10.1 Å². The van der Waals surface area contributed by atoms with Crippen LogP contribution in [0.3, 0.4) is 0 Å². The Morgan fingerprint density at radius 1 is 1.04 bits per heavy atom. The lowest BCUT2D eigenvalue weighted by Gasteiger charge is -2.56. The number of carbonyl (C=O) groups excluding carboxylic acids is 2. The van der Waals surface area contributed by atoms with Gasteiger partial charge in [0.15, 0.2) is 12.4 Å². The zero-order valence-corrected chi connectivity index (χ0v) is 26.3. The number of carbonyl (C=O) groups is 2. The van der Waals surface area contributed by atoms with Crippen molar-refractivity contribution in [3.8, 4) is 11.8 Å². The minimum atomic E-state index is -5.90. The number of hydrogen-bond donors (Lipinski definition) is 2. The molecule has 4 aliphatic rings. The average Bonchev–Trinajstić information content (AvgIpc) is 3.31. The van der Waals surface area contributed by atoms with Gasteiger partial charge in [-0.1, -0.05) is 48.1 Å². The highest BCUT2D eigenvalue weighted by Gasteiger charge is 2.79. The zero-order chi connectivity index (χ0) is 33.8. The smallest absolute Gasteiger partial charge is 0.436 e. The van der Waals surface area contributed by atoms with Gasteiger partial charge in [0.25, 0.3) is 0 Å². The largest absolute Gasteiger partial charge is 0.456 e. The van der Waals surface area contributed by atoms with Gasteiger partial charge in [0, 0.05) is 34.0 Å². The number of aliphatic hydroxyl groups is 1. The molecule has 0 spiro atoms. The fourth-order valence-corrected chi connectivity index (χ4v) is 8.57. The predicted octanol–water partition coefficient (Wildman–Crippen LogP) is 8.77. The maximum absolute atomic E-state index is 15.2. The molecule has 0 radical (unpaired) electrons. The number of amides is 1. The van der Waals surface area contributed by atoms with Crippen LogP contribution in [0.15, 0.2) is 71.3 Å². The van der Waals surface area contributed by atoms with Gasteiger partial charge in [-0.25, -0.2) is 4.79 Å². The van der Waals surface area contributed by atoms with Crippen molar-refractivity contribution in [2.24, 2.45) is 17.3 Å². The minimum Gasteiger partial charge on any atom is -0.436 e. The van der Waals surface area contributed by atoms with Crippen molar-refractivity contribution < 1.29 is 41.4 Å². The number of rotatable bonds is 4. The molecular weight excluding hydrogens is 641 g/mol. The molecule has 0 unspecified atom stereocenters. The van der Waals surface area contributed by atoms with Crippen molar-refractivity contribution in [2.45, 2.75) is 75.5 Å². The number of ether oxygens (including phenoxy) is 1. The van der Waals surface area contributed by atoms with E-state index in [2.05, 4.69) is 17.2 Å². The van der Waals surface area contributed by atoms with E-state index >= 15 is 8.78 Å². The first-order valence-electron chi connectivity index (χ1n) is 15.6. The van der Waals surface area contributed by atoms with Gasteiger partial charge in [-0.2, -0.15) is 22.0 Å². The summed E-state index contributed by atoms with van der Waals surface area (Å²) in [5.41, 5.74) is -0.275. The van der Waals surface area contributed by atoms with E-state index in [1.54, 1.807) is 54.6 Å². The first kappa shape index (κ1) is 33.2. The monoisotopic (exact) mass is 673 g/mol. The summed E-state index contributed by atoms with van der Waals surface area (Å²) in [6.07, 6.45) is -3.79. The van der Waals surface area contributed by atoms with Crippen LogP contribution in [0.4, 0.5) is 32.4 Å². The van der Waals surface area contributed by atoms with E-state index in [0.717, 1.165) is 16.7 Å². The molecule has 2 saturated carbocycles. The molecule has 1 amide bonds. The molecule has 2 N–H and O–H groups in total. The quantitative estimate of drug-likeness (QED) is 0.251. The summed E-state index contributed by atoms with van der Waals surface area (Å²) < 4.78 is 76.8. The SMILES string of the molecule is C[C@]12C[C@H](c3ccc(C#CCOC(=O)Nc4ccc(Cl)cc4)cc3)C3=C4CCC(=O)C=C4CC[C@H]3[C@@H]1CC[C@@]2(O)C(F)(F)C(F)(F)F. The Morgan fingerprint density at radius 3 is 2.43 bits per heavy atom. The Balaban J connectivity index is 1.27. The van der Waals surface area contributed by atoms with Crippen molar-refractivity contribution in [3.05, 3.63) is 87.5 Å². The maximum atomic E-state index is 15.2. The number of fused-ring (bicyclic) bond motifs is 4. The Bertz CT molecular complexity index is 1710. The zero-order valence-electron chi connectivity index (χ0n) is 25.5. The molecule has 2 fully saturated rings. The topological polar surface area (TPSA) is 75.6 Å². The lowest BCUT2D eigenvalue weighted by Crippen LogP contribution is -2.65. The summed E-state index contributed by atoms with van der Waals surface area (Å²) in [5.74, 6) is -1.000. The maximum Gasteiger partial charge on any atom is 0.456 e. The molecule has 0 saturated heterocycles. The van der Waals surface area contributed by atoms with Crippen molar-refractivity contribution >= 4 is 29.2 Å². The van der Waals surface area contributed by atoms with Gasteiger partial charge in [-0.05, 0) is 110 Å². The summed E-state index contributed by atoms with van der Waals surface area (Å²) in [7, 11) is 0. The molecule has 2 aromatic rings. The van der Waals surface area contributed by atoms with Crippen LogP contribution in [-0.4, -0.2) is 41.3 Å². The van der Waals surface area contributed by atoms with Crippen LogP contribution in [0.25, 0.3) is 0 Å².